The maximum absolute atomic E-state index is 14.2. The number of ether oxygens (including phenoxy) is 3. The third-order valence-electron chi connectivity index (χ3n) is 3.36. The molecule has 0 unspecified atom stereocenters. The van der Waals surface area contributed by atoms with E-state index in [1.807, 2.05) is 0 Å². The third-order valence-corrected chi connectivity index (χ3v) is 3.36. The van der Waals surface area contributed by atoms with E-state index in [1.54, 1.807) is 6.07 Å². The summed E-state index contributed by atoms with van der Waals surface area (Å²) in [5.41, 5.74) is -0.0806. The largest absolute Gasteiger partial charge is 0.493 e. The van der Waals surface area contributed by atoms with Crippen LogP contribution >= 0.6 is 0 Å². The van der Waals surface area contributed by atoms with Crippen LogP contribution in [0.1, 0.15) is 18.4 Å². The van der Waals surface area contributed by atoms with Crippen molar-refractivity contribution in [3.05, 3.63) is 17.4 Å². The normalized spacial score (nSPS) is 19.5. The van der Waals surface area contributed by atoms with Gasteiger partial charge in [0.2, 0.25) is 11.6 Å². The quantitative estimate of drug-likeness (QED) is 0.891. The molecule has 1 aliphatic heterocycles. The first-order chi connectivity index (χ1) is 8.63. The minimum atomic E-state index is -0.705. The Kier molecular flexibility index (Phi) is 2.59. The Morgan fingerprint density at radius 1 is 1.39 bits per heavy atom. The average molecular weight is 254 g/mol. The molecule has 0 atom stereocenters. The molecule has 1 fully saturated rings. The number of aliphatic hydroxyl groups is 1. The number of hydrogen-bond acceptors (Lipinski definition) is 4. The lowest BCUT2D eigenvalue weighted by atomic mass is 10.0. The molecule has 0 bridgehead atoms. The second-order valence-electron chi connectivity index (χ2n) is 4.81. The van der Waals surface area contributed by atoms with Gasteiger partial charge in [-0.3, -0.25) is 0 Å². The van der Waals surface area contributed by atoms with Crippen molar-refractivity contribution in [2.24, 2.45) is 0 Å². The van der Waals surface area contributed by atoms with Crippen LogP contribution in [0.3, 0.4) is 0 Å². The molecule has 0 saturated heterocycles. The molecule has 0 spiro atoms. The lowest BCUT2D eigenvalue weighted by molar-refractivity contribution is 0.146. The van der Waals surface area contributed by atoms with Crippen LogP contribution in [0.2, 0.25) is 0 Å². The third kappa shape index (κ3) is 1.88. The lowest BCUT2D eigenvalue weighted by Gasteiger charge is -2.22. The van der Waals surface area contributed by atoms with Crippen LogP contribution in [0.25, 0.3) is 0 Å². The van der Waals surface area contributed by atoms with Crippen molar-refractivity contribution in [1.29, 1.82) is 0 Å². The Morgan fingerprint density at radius 3 is 2.78 bits per heavy atom. The van der Waals surface area contributed by atoms with Crippen molar-refractivity contribution < 1.29 is 23.7 Å². The summed E-state index contributed by atoms with van der Waals surface area (Å²) in [6.07, 6.45) is 1.86. The number of halogens is 1. The standard InChI is InChI=1S/C13H15FO4/c1-16-11-8(7-13(15)2-3-13)6-9-12(10(11)14)18-5-4-17-9/h6,15H,2-5,7H2,1H3. The molecule has 0 aromatic heterocycles. The predicted molar refractivity (Wildman–Crippen MR) is 61.8 cm³/mol. The first-order valence-electron chi connectivity index (χ1n) is 6.00. The molecule has 1 saturated carbocycles. The fraction of sp³-hybridized carbons (Fsp3) is 0.538. The van der Waals surface area contributed by atoms with E-state index in [-0.39, 0.29) is 11.5 Å². The molecule has 18 heavy (non-hydrogen) atoms. The molecule has 0 amide bonds. The number of rotatable bonds is 3. The van der Waals surface area contributed by atoms with Crippen LogP contribution in [0.4, 0.5) is 4.39 Å². The fourth-order valence-corrected chi connectivity index (χ4v) is 2.21. The maximum atomic E-state index is 14.2. The van der Waals surface area contributed by atoms with Gasteiger partial charge in [-0.25, -0.2) is 0 Å². The molecule has 1 N–H and O–H groups in total. The number of benzene rings is 1. The summed E-state index contributed by atoms with van der Waals surface area (Å²) in [6, 6.07) is 1.70. The molecule has 1 aliphatic carbocycles. The van der Waals surface area contributed by atoms with Crippen molar-refractivity contribution in [1.82, 2.24) is 0 Å². The second kappa shape index (κ2) is 4.02. The summed E-state index contributed by atoms with van der Waals surface area (Å²) in [5.74, 6) is 0.0805. The summed E-state index contributed by atoms with van der Waals surface area (Å²) < 4.78 is 29.9. The van der Waals surface area contributed by atoms with Gasteiger partial charge >= 0.3 is 0 Å². The minimum Gasteiger partial charge on any atom is -0.493 e. The Balaban J connectivity index is 2.03. The monoisotopic (exact) mass is 254 g/mol. The Morgan fingerprint density at radius 2 is 2.11 bits per heavy atom. The van der Waals surface area contributed by atoms with Gasteiger partial charge in [0.15, 0.2) is 11.5 Å². The maximum Gasteiger partial charge on any atom is 0.210 e. The molecule has 4 nitrogen and oxygen atoms in total. The molecule has 0 radical (unpaired) electrons. The molecular weight excluding hydrogens is 239 g/mol. The van der Waals surface area contributed by atoms with E-state index in [4.69, 9.17) is 14.2 Å². The average Bonchev–Trinajstić information content (AvgIpc) is 3.07. The molecule has 98 valence electrons. The first kappa shape index (κ1) is 11.6. The van der Waals surface area contributed by atoms with Gasteiger partial charge in [-0.1, -0.05) is 0 Å². The van der Waals surface area contributed by atoms with Crippen LogP contribution in [0.15, 0.2) is 6.07 Å². The van der Waals surface area contributed by atoms with Crippen LogP contribution < -0.4 is 14.2 Å². The Hall–Kier alpha value is -1.49. The molecule has 1 aromatic rings. The van der Waals surface area contributed by atoms with Gasteiger partial charge < -0.3 is 19.3 Å². The highest BCUT2D eigenvalue weighted by atomic mass is 19.1. The fourth-order valence-electron chi connectivity index (χ4n) is 2.21. The Bertz CT molecular complexity index is 482. The van der Waals surface area contributed by atoms with Crippen LogP contribution in [-0.2, 0) is 6.42 Å². The summed E-state index contributed by atoms with van der Waals surface area (Å²) in [5, 5.41) is 9.95. The molecule has 5 heteroatoms. The zero-order chi connectivity index (χ0) is 12.8. The lowest BCUT2D eigenvalue weighted by Crippen LogP contribution is -2.18. The smallest absolute Gasteiger partial charge is 0.210 e. The molecule has 3 rings (SSSR count). The summed E-state index contributed by atoms with van der Waals surface area (Å²) in [6.45, 7) is 0.735. The predicted octanol–water partition coefficient (Wildman–Crippen LogP) is 1.67. The van der Waals surface area contributed by atoms with Crippen LogP contribution in [0.5, 0.6) is 17.2 Å². The number of fused-ring (bicyclic) bond motifs is 1. The number of hydrogen-bond donors (Lipinski definition) is 1. The van der Waals surface area contributed by atoms with E-state index in [1.165, 1.54) is 7.11 Å². The van der Waals surface area contributed by atoms with Gasteiger partial charge in [-0.15, -0.1) is 0 Å². The van der Waals surface area contributed by atoms with E-state index in [2.05, 4.69) is 0 Å². The topological polar surface area (TPSA) is 47.9 Å². The van der Waals surface area contributed by atoms with Crippen molar-refractivity contribution in [3.8, 4) is 17.2 Å². The van der Waals surface area contributed by atoms with Gasteiger partial charge in [-0.05, 0) is 18.9 Å². The minimum absolute atomic E-state index is 0.102. The number of methoxy groups -OCH3 is 1. The van der Waals surface area contributed by atoms with Gasteiger partial charge in [0, 0.05) is 12.0 Å². The van der Waals surface area contributed by atoms with E-state index in [0.717, 1.165) is 12.8 Å². The molecular formula is C13H15FO4. The SMILES string of the molecule is COc1c(CC2(O)CC2)cc2c(c1F)OCCO2. The summed E-state index contributed by atoms with van der Waals surface area (Å²) >= 11 is 0. The van der Waals surface area contributed by atoms with E-state index < -0.39 is 11.4 Å². The Labute approximate surface area is 104 Å². The highest BCUT2D eigenvalue weighted by Gasteiger charge is 2.41. The zero-order valence-corrected chi connectivity index (χ0v) is 10.2. The van der Waals surface area contributed by atoms with Crippen LogP contribution in [0, 0.1) is 5.82 Å². The van der Waals surface area contributed by atoms with Gasteiger partial charge in [0.05, 0.1) is 12.7 Å². The van der Waals surface area contributed by atoms with Crippen molar-refractivity contribution in [2.45, 2.75) is 24.9 Å². The summed E-state index contributed by atoms with van der Waals surface area (Å²) in [4.78, 5) is 0. The van der Waals surface area contributed by atoms with E-state index in [0.29, 0.717) is 30.9 Å². The molecule has 1 aromatic carbocycles. The van der Waals surface area contributed by atoms with Crippen molar-refractivity contribution in [2.75, 3.05) is 20.3 Å². The molecule has 2 aliphatic rings. The highest BCUT2D eigenvalue weighted by Crippen LogP contribution is 2.45. The van der Waals surface area contributed by atoms with Gasteiger partial charge in [0.1, 0.15) is 13.2 Å². The van der Waals surface area contributed by atoms with E-state index in [9.17, 15) is 9.50 Å². The highest BCUT2D eigenvalue weighted by molar-refractivity contribution is 5.53. The second-order valence-corrected chi connectivity index (χ2v) is 4.81. The molecule has 1 heterocycles. The van der Waals surface area contributed by atoms with Crippen LogP contribution in [-0.4, -0.2) is 31.0 Å². The first-order valence-corrected chi connectivity index (χ1v) is 6.00. The van der Waals surface area contributed by atoms with Crippen molar-refractivity contribution in [3.63, 3.8) is 0 Å². The van der Waals surface area contributed by atoms with Gasteiger partial charge in [-0.2, -0.15) is 4.39 Å². The zero-order valence-electron chi connectivity index (χ0n) is 10.2. The van der Waals surface area contributed by atoms with E-state index >= 15 is 0 Å². The van der Waals surface area contributed by atoms with Crippen molar-refractivity contribution >= 4 is 0 Å². The summed E-state index contributed by atoms with van der Waals surface area (Å²) in [7, 11) is 1.41. The van der Waals surface area contributed by atoms with Gasteiger partial charge in [0.25, 0.3) is 0 Å².